The predicted octanol–water partition coefficient (Wildman–Crippen LogP) is 3.09. The zero-order chi connectivity index (χ0) is 19.3. The third-order valence-corrected chi connectivity index (χ3v) is 3.71. The van der Waals surface area contributed by atoms with Crippen LogP contribution >= 0.6 is 0 Å². The van der Waals surface area contributed by atoms with Crippen LogP contribution < -0.4 is 9.47 Å². The molecule has 2 aromatic carbocycles. The molecule has 0 aliphatic carbocycles. The van der Waals surface area contributed by atoms with E-state index in [9.17, 15) is 19.8 Å². The molecule has 0 spiro atoms. The number of carbonyl (C=O) groups is 2. The molecule has 0 unspecified atom stereocenters. The molecule has 0 aromatic heterocycles. The summed E-state index contributed by atoms with van der Waals surface area (Å²) in [6.07, 6.45) is 1.15. The van der Waals surface area contributed by atoms with Crippen molar-refractivity contribution in [3.63, 3.8) is 0 Å². The van der Waals surface area contributed by atoms with Crippen LogP contribution in [-0.2, 0) is 9.59 Å². The average molecular weight is 356 g/mol. The molecule has 0 bridgehead atoms. The zero-order valence-electron chi connectivity index (χ0n) is 14.8. The van der Waals surface area contributed by atoms with Crippen LogP contribution in [0.1, 0.15) is 24.5 Å². The second-order valence-corrected chi connectivity index (χ2v) is 5.68. The van der Waals surface area contributed by atoms with Crippen LogP contribution in [0.15, 0.2) is 42.5 Å². The highest BCUT2D eigenvalue weighted by Gasteiger charge is 2.14. The van der Waals surface area contributed by atoms with Crippen LogP contribution in [0.3, 0.4) is 0 Å². The van der Waals surface area contributed by atoms with Crippen molar-refractivity contribution in [1.82, 2.24) is 0 Å². The lowest BCUT2D eigenvalue weighted by atomic mass is 9.95. The van der Waals surface area contributed by atoms with Crippen molar-refractivity contribution in [2.75, 3.05) is 14.2 Å². The number of ether oxygens (including phenoxy) is 2. The molecule has 0 radical (unpaired) electrons. The lowest BCUT2D eigenvalue weighted by Crippen LogP contribution is -2.03. The van der Waals surface area contributed by atoms with Gasteiger partial charge in [0.1, 0.15) is 5.78 Å². The molecular formula is C20H20O6. The first-order valence-corrected chi connectivity index (χ1v) is 7.84. The van der Waals surface area contributed by atoms with E-state index in [1.807, 2.05) is 0 Å². The summed E-state index contributed by atoms with van der Waals surface area (Å²) >= 11 is 0. The molecule has 2 N–H and O–H groups in total. The lowest BCUT2D eigenvalue weighted by molar-refractivity contribution is -0.123. The highest BCUT2D eigenvalue weighted by Crippen LogP contribution is 2.35. The quantitative estimate of drug-likeness (QED) is 0.585. The summed E-state index contributed by atoms with van der Waals surface area (Å²) in [5.41, 5.74) is 1.71. The Hall–Kier alpha value is -3.28. The van der Waals surface area contributed by atoms with Gasteiger partial charge in [-0.2, -0.15) is 0 Å². The van der Waals surface area contributed by atoms with Gasteiger partial charge in [-0.3, -0.25) is 9.59 Å². The molecule has 0 fully saturated rings. The number of benzene rings is 2. The molecule has 26 heavy (non-hydrogen) atoms. The minimum absolute atomic E-state index is 0.0334. The van der Waals surface area contributed by atoms with Gasteiger partial charge in [0, 0.05) is 0 Å². The van der Waals surface area contributed by atoms with Gasteiger partial charge in [0.05, 0.1) is 20.6 Å². The number of hydrogen-bond acceptors (Lipinski definition) is 6. The summed E-state index contributed by atoms with van der Waals surface area (Å²) in [7, 11) is 2.85. The van der Waals surface area contributed by atoms with Crippen LogP contribution in [-0.4, -0.2) is 36.0 Å². The second-order valence-electron chi connectivity index (χ2n) is 5.68. The van der Waals surface area contributed by atoms with E-state index >= 15 is 0 Å². The molecular weight excluding hydrogens is 336 g/mol. The van der Waals surface area contributed by atoms with Gasteiger partial charge >= 0.3 is 0 Å². The molecule has 6 nitrogen and oxygen atoms in total. The minimum atomic E-state index is -0.355. The molecule has 2 rings (SSSR count). The second kappa shape index (κ2) is 8.20. The lowest BCUT2D eigenvalue weighted by Gasteiger charge is -2.13. The largest absolute Gasteiger partial charge is 0.504 e. The van der Waals surface area contributed by atoms with E-state index in [1.165, 1.54) is 39.4 Å². The number of ketones is 2. The summed E-state index contributed by atoms with van der Waals surface area (Å²) in [5.74, 6) is -0.164. The number of rotatable bonds is 7. The SMILES string of the molecule is COc1cc(C(=CC(=O)CC(C)=O)c2ccc(O)c(OC)c2)ccc1O. The maximum absolute atomic E-state index is 12.2. The van der Waals surface area contributed by atoms with Gasteiger partial charge in [0.2, 0.25) is 0 Å². The van der Waals surface area contributed by atoms with E-state index in [-0.39, 0.29) is 41.0 Å². The van der Waals surface area contributed by atoms with Gasteiger partial charge in [-0.05, 0) is 54.0 Å². The monoisotopic (exact) mass is 356 g/mol. The average Bonchev–Trinajstić information content (AvgIpc) is 2.60. The summed E-state index contributed by atoms with van der Waals surface area (Å²) in [4.78, 5) is 23.4. The van der Waals surface area contributed by atoms with E-state index in [2.05, 4.69) is 0 Å². The summed E-state index contributed by atoms with van der Waals surface area (Å²) in [6.45, 7) is 1.35. The Morgan fingerprint density at radius 2 is 1.38 bits per heavy atom. The standard InChI is InChI=1S/C20H20O6/c1-12(21)8-15(22)11-16(13-4-6-17(23)19(9-13)25-2)14-5-7-18(24)20(10-14)26-3/h4-7,9-11,23-24H,8H2,1-3H3. The van der Waals surface area contributed by atoms with Crippen LogP contribution in [0, 0.1) is 0 Å². The van der Waals surface area contributed by atoms with Gasteiger partial charge in [-0.15, -0.1) is 0 Å². The molecule has 0 amide bonds. The Morgan fingerprint density at radius 1 is 0.923 bits per heavy atom. The van der Waals surface area contributed by atoms with Gasteiger partial charge in [0.15, 0.2) is 28.8 Å². The number of methoxy groups -OCH3 is 2. The van der Waals surface area contributed by atoms with Crippen molar-refractivity contribution < 1.29 is 29.3 Å². The van der Waals surface area contributed by atoms with Crippen molar-refractivity contribution in [3.05, 3.63) is 53.6 Å². The van der Waals surface area contributed by atoms with Crippen LogP contribution in [0.4, 0.5) is 0 Å². The first kappa shape index (κ1) is 19.1. The van der Waals surface area contributed by atoms with Gasteiger partial charge < -0.3 is 19.7 Å². The zero-order valence-corrected chi connectivity index (χ0v) is 14.8. The first-order valence-electron chi connectivity index (χ1n) is 7.84. The predicted molar refractivity (Wildman–Crippen MR) is 96.7 cm³/mol. The molecule has 2 aromatic rings. The molecule has 136 valence electrons. The number of allylic oxidation sites excluding steroid dienone is 1. The van der Waals surface area contributed by atoms with E-state index < -0.39 is 0 Å². The molecule has 0 aliphatic rings. The topological polar surface area (TPSA) is 93.1 Å². The first-order chi connectivity index (χ1) is 12.3. The third-order valence-electron chi connectivity index (χ3n) is 3.71. The van der Waals surface area contributed by atoms with Crippen molar-refractivity contribution in [2.45, 2.75) is 13.3 Å². The number of aromatic hydroxyl groups is 2. The number of phenols is 2. The summed E-state index contributed by atoms with van der Waals surface area (Å²) in [6, 6.07) is 9.33. The number of Topliss-reactive ketones (excluding diaryl/α,β-unsaturated/α-hetero) is 1. The molecule has 0 heterocycles. The number of hydrogen-bond donors (Lipinski definition) is 2. The minimum Gasteiger partial charge on any atom is -0.504 e. The van der Waals surface area contributed by atoms with Gasteiger partial charge in [-0.1, -0.05) is 12.1 Å². The molecule has 0 saturated heterocycles. The van der Waals surface area contributed by atoms with Crippen molar-refractivity contribution >= 4 is 17.1 Å². The fourth-order valence-electron chi connectivity index (χ4n) is 2.48. The van der Waals surface area contributed by atoms with Gasteiger partial charge in [-0.25, -0.2) is 0 Å². The Bertz CT molecular complexity index is 811. The fraction of sp³-hybridized carbons (Fsp3) is 0.200. The molecule has 6 heteroatoms. The van der Waals surface area contributed by atoms with Crippen molar-refractivity contribution in [1.29, 1.82) is 0 Å². The maximum Gasteiger partial charge on any atom is 0.163 e. The van der Waals surface area contributed by atoms with Crippen molar-refractivity contribution in [3.8, 4) is 23.0 Å². The van der Waals surface area contributed by atoms with Crippen LogP contribution in [0.5, 0.6) is 23.0 Å². The maximum atomic E-state index is 12.2. The fourth-order valence-corrected chi connectivity index (χ4v) is 2.48. The van der Waals surface area contributed by atoms with E-state index in [0.29, 0.717) is 16.7 Å². The van der Waals surface area contributed by atoms with Crippen LogP contribution in [0.25, 0.3) is 5.57 Å². The molecule has 0 saturated carbocycles. The van der Waals surface area contributed by atoms with E-state index in [0.717, 1.165) is 0 Å². The molecule has 0 aliphatic heterocycles. The Kier molecular flexibility index (Phi) is 6.01. The Balaban J connectivity index is 2.61. The van der Waals surface area contributed by atoms with Crippen LogP contribution in [0.2, 0.25) is 0 Å². The van der Waals surface area contributed by atoms with E-state index in [4.69, 9.17) is 9.47 Å². The Morgan fingerprint density at radius 3 is 1.77 bits per heavy atom. The number of carbonyl (C=O) groups excluding carboxylic acids is 2. The van der Waals surface area contributed by atoms with E-state index in [1.54, 1.807) is 24.3 Å². The summed E-state index contributed by atoms with van der Waals surface area (Å²) in [5, 5.41) is 19.6. The highest BCUT2D eigenvalue weighted by molar-refractivity contribution is 6.08. The summed E-state index contributed by atoms with van der Waals surface area (Å²) < 4.78 is 10.2. The van der Waals surface area contributed by atoms with Crippen molar-refractivity contribution in [2.24, 2.45) is 0 Å². The smallest absolute Gasteiger partial charge is 0.163 e. The van der Waals surface area contributed by atoms with Gasteiger partial charge in [0.25, 0.3) is 0 Å². The highest BCUT2D eigenvalue weighted by atomic mass is 16.5. The molecule has 0 atom stereocenters. The third kappa shape index (κ3) is 4.42. The number of phenolic OH excluding ortho intramolecular Hbond substituents is 2. The Labute approximate surface area is 151 Å². The normalized spacial score (nSPS) is 10.1.